The number of carbonyl (C=O) groups is 1. The Morgan fingerprint density at radius 1 is 1.12 bits per heavy atom. The van der Waals surface area contributed by atoms with Gasteiger partial charge in [-0.25, -0.2) is 0 Å². The van der Waals surface area contributed by atoms with E-state index in [0.29, 0.717) is 10.8 Å². The van der Waals surface area contributed by atoms with Crippen molar-refractivity contribution in [2.24, 2.45) is 0 Å². The van der Waals surface area contributed by atoms with Crippen molar-refractivity contribution >= 4 is 28.9 Å². The van der Waals surface area contributed by atoms with Crippen LogP contribution in [0, 0.1) is 0 Å². The molecule has 2 aromatic rings. The Balaban J connectivity index is 1.72. The molecule has 1 amide bonds. The first-order valence-corrected chi connectivity index (χ1v) is 9.16. The first kappa shape index (κ1) is 18.5. The van der Waals surface area contributed by atoms with Crippen LogP contribution in [-0.4, -0.2) is 50.1 Å². The van der Waals surface area contributed by atoms with E-state index < -0.39 is 6.10 Å². The Kier molecular flexibility index (Phi) is 6.01. The van der Waals surface area contributed by atoms with E-state index in [1.807, 2.05) is 42.5 Å². The van der Waals surface area contributed by atoms with Crippen LogP contribution in [0.4, 0.5) is 11.4 Å². The number of ether oxygens (including phenoxy) is 1. The number of hydrogen-bond acceptors (Lipinski definition) is 4. The number of nitrogens with zero attached hydrogens (tertiary/aromatic N) is 2. The van der Waals surface area contributed by atoms with Gasteiger partial charge in [-0.1, -0.05) is 29.8 Å². The van der Waals surface area contributed by atoms with Gasteiger partial charge < -0.3 is 19.9 Å². The van der Waals surface area contributed by atoms with Crippen LogP contribution >= 0.6 is 11.6 Å². The van der Waals surface area contributed by atoms with E-state index in [0.717, 1.165) is 37.6 Å². The van der Waals surface area contributed by atoms with Crippen molar-refractivity contribution in [1.29, 1.82) is 0 Å². The highest BCUT2D eigenvalue weighted by Crippen LogP contribution is 2.30. The molecule has 0 unspecified atom stereocenters. The van der Waals surface area contributed by atoms with Crippen LogP contribution in [0.3, 0.4) is 0 Å². The summed E-state index contributed by atoms with van der Waals surface area (Å²) in [6.45, 7) is 5.55. The van der Waals surface area contributed by atoms with Gasteiger partial charge >= 0.3 is 0 Å². The highest BCUT2D eigenvalue weighted by atomic mass is 35.5. The number of nitrogens with one attached hydrogen (secondary N) is 1. The van der Waals surface area contributed by atoms with Crippen molar-refractivity contribution in [1.82, 2.24) is 4.90 Å². The molecule has 0 radical (unpaired) electrons. The van der Waals surface area contributed by atoms with E-state index in [1.54, 1.807) is 13.0 Å². The lowest BCUT2D eigenvalue weighted by Gasteiger charge is -2.35. The molecule has 5 nitrogen and oxygen atoms in total. The maximum absolute atomic E-state index is 12.6. The van der Waals surface area contributed by atoms with Crippen LogP contribution in [0.1, 0.15) is 6.92 Å². The zero-order chi connectivity index (χ0) is 18.5. The van der Waals surface area contributed by atoms with E-state index >= 15 is 0 Å². The third-order valence-electron chi connectivity index (χ3n) is 4.49. The molecule has 0 aliphatic carbocycles. The summed E-state index contributed by atoms with van der Waals surface area (Å²) < 4.78 is 5.71. The summed E-state index contributed by atoms with van der Waals surface area (Å²) in [5, 5.41) is 3.57. The number of anilines is 2. The van der Waals surface area contributed by atoms with Gasteiger partial charge in [0.15, 0.2) is 6.10 Å². The molecule has 0 spiro atoms. The van der Waals surface area contributed by atoms with Gasteiger partial charge in [-0.3, -0.25) is 4.79 Å². The lowest BCUT2D eigenvalue weighted by atomic mass is 10.2. The fourth-order valence-electron chi connectivity index (χ4n) is 2.92. The molecule has 1 heterocycles. The second kappa shape index (κ2) is 8.43. The van der Waals surface area contributed by atoms with Crippen LogP contribution in [0.2, 0.25) is 5.02 Å². The Hall–Kier alpha value is -2.24. The lowest BCUT2D eigenvalue weighted by molar-refractivity contribution is -0.122. The summed E-state index contributed by atoms with van der Waals surface area (Å²) >= 11 is 6.16. The molecule has 3 rings (SSSR count). The Bertz CT molecular complexity index is 746. The normalized spacial score (nSPS) is 16.2. The summed E-state index contributed by atoms with van der Waals surface area (Å²) in [6.07, 6.45) is -0.614. The summed E-state index contributed by atoms with van der Waals surface area (Å²) in [7, 11) is 2.12. The summed E-state index contributed by atoms with van der Waals surface area (Å²) in [5.41, 5.74) is 1.71. The van der Waals surface area contributed by atoms with Crippen molar-refractivity contribution < 1.29 is 9.53 Å². The van der Waals surface area contributed by atoms with E-state index in [4.69, 9.17) is 16.3 Å². The average Bonchev–Trinajstić information content (AvgIpc) is 2.63. The molecule has 2 aromatic carbocycles. The van der Waals surface area contributed by atoms with Crippen molar-refractivity contribution in [3.63, 3.8) is 0 Å². The first-order valence-electron chi connectivity index (χ1n) is 8.78. The number of benzene rings is 2. The summed E-state index contributed by atoms with van der Waals surface area (Å²) in [5.74, 6) is 0.465. The van der Waals surface area contributed by atoms with Gasteiger partial charge in [-0.2, -0.15) is 0 Å². The molecule has 1 aliphatic heterocycles. The first-order chi connectivity index (χ1) is 12.5. The minimum Gasteiger partial charge on any atom is -0.481 e. The van der Waals surface area contributed by atoms with Crippen LogP contribution in [0.5, 0.6) is 5.75 Å². The van der Waals surface area contributed by atoms with E-state index in [2.05, 4.69) is 22.2 Å². The van der Waals surface area contributed by atoms with Crippen molar-refractivity contribution in [2.45, 2.75) is 13.0 Å². The fourth-order valence-corrected chi connectivity index (χ4v) is 3.09. The molecule has 6 heteroatoms. The molecule has 0 bridgehead atoms. The number of rotatable bonds is 5. The second-order valence-corrected chi connectivity index (χ2v) is 6.95. The highest BCUT2D eigenvalue weighted by Gasteiger charge is 2.21. The highest BCUT2D eigenvalue weighted by molar-refractivity contribution is 6.31. The quantitative estimate of drug-likeness (QED) is 0.871. The number of carbonyl (C=O) groups excluding carboxylic acids is 1. The van der Waals surface area contributed by atoms with Gasteiger partial charge in [0.1, 0.15) is 5.75 Å². The number of piperazine rings is 1. The molecule has 1 N–H and O–H groups in total. The van der Waals surface area contributed by atoms with E-state index in [-0.39, 0.29) is 5.91 Å². The topological polar surface area (TPSA) is 44.8 Å². The third kappa shape index (κ3) is 4.68. The molecular weight excluding hydrogens is 350 g/mol. The molecular formula is C20H24ClN3O2. The Labute approximate surface area is 159 Å². The van der Waals surface area contributed by atoms with Crippen molar-refractivity contribution in [3.8, 4) is 5.75 Å². The van der Waals surface area contributed by atoms with Crippen LogP contribution < -0.4 is 15.0 Å². The monoisotopic (exact) mass is 373 g/mol. The zero-order valence-electron chi connectivity index (χ0n) is 15.1. The van der Waals surface area contributed by atoms with Crippen LogP contribution in [-0.2, 0) is 4.79 Å². The van der Waals surface area contributed by atoms with Gasteiger partial charge in [0.2, 0.25) is 0 Å². The predicted octanol–water partition coefficient (Wildman–Crippen LogP) is 3.50. The maximum atomic E-state index is 12.6. The minimum absolute atomic E-state index is 0.202. The molecule has 26 heavy (non-hydrogen) atoms. The molecule has 1 saturated heterocycles. The number of halogens is 1. The number of hydrogen-bond donors (Lipinski definition) is 1. The molecule has 0 aromatic heterocycles. The Morgan fingerprint density at radius 3 is 2.50 bits per heavy atom. The van der Waals surface area contributed by atoms with Crippen LogP contribution in [0.15, 0.2) is 48.5 Å². The lowest BCUT2D eigenvalue weighted by Crippen LogP contribution is -2.44. The van der Waals surface area contributed by atoms with Gasteiger partial charge in [0.05, 0.1) is 11.4 Å². The van der Waals surface area contributed by atoms with Gasteiger partial charge in [-0.15, -0.1) is 0 Å². The number of likely N-dealkylation sites (N-methyl/N-ethyl adjacent to an activating group) is 1. The largest absolute Gasteiger partial charge is 0.481 e. The van der Waals surface area contributed by atoms with Gasteiger partial charge in [0.25, 0.3) is 5.91 Å². The van der Waals surface area contributed by atoms with Crippen molar-refractivity contribution in [2.75, 3.05) is 43.4 Å². The minimum atomic E-state index is -0.614. The van der Waals surface area contributed by atoms with E-state index in [1.165, 1.54) is 0 Å². The third-order valence-corrected chi connectivity index (χ3v) is 4.72. The maximum Gasteiger partial charge on any atom is 0.265 e. The fraction of sp³-hybridized carbons (Fsp3) is 0.350. The molecule has 138 valence electrons. The van der Waals surface area contributed by atoms with Crippen LogP contribution in [0.25, 0.3) is 0 Å². The van der Waals surface area contributed by atoms with Gasteiger partial charge in [-0.05, 0) is 44.3 Å². The smallest absolute Gasteiger partial charge is 0.265 e. The number of para-hydroxylation sites is 1. The van der Waals surface area contributed by atoms with E-state index in [9.17, 15) is 4.79 Å². The van der Waals surface area contributed by atoms with Crippen molar-refractivity contribution in [3.05, 3.63) is 53.6 Å². The average molecular weight is 374 g/mol. The van der Waals surface area contributed by atoms with Gasteiger partial charge in [0, 0.05) is 31.2 Å². The molecule has 1 atom stereocenters. The zero-order valence-corrected chi connectivity index (χ0v) is 15.9. The summed E-state index contributed by atoms with van der Waals surface area (Å²) in [6, 6.07) is 14.9. The molecule has 1 aliphatic rings. The molecule has 0 saturated carbocycles. The SMILES string of the molecule is C[C@@H](Oc1ccccc1)C(=O)Nc1cc(Cl)ccc1N1CCN(C)CC1. The second-order valence-electron chi connectivity index (χ2n) is 6.51. The predicted molar refractivity (Wildman–Crippen MR) is 106 cm³/mol. The Morgan fingerprint density at radius 2 is 1.81 bits per heavy atom. The standard InChI is InChI=1S/C20H24ClN3O2/c1-15(26-17-6-4-3-5-7-17)20(25)22-18-14-16(21)8-9-19(18)24-12-10-23(2)11-13-24/h3-9,14-15H,10-13H2,1-2H3,(H,22,25)/t15-/m1/s1. The number of amides is 1. The molecule has 1 fully saturated rings. The summed E-state index contributed by atoms with van der Waals surface area (Å²) in [4.78, 5) is 17.2.